The first-order chi connectivity index (χ1) is 8.67. The zero-order chi connectivity index (χ0) is 13.4. The van der Waals surface area contributed by atoms with E-state index in [0.29, 0.717) is 19.6 Å². The van der Waals surface area contributed by atoms with Crippen molar-refractivity contribution in [3.8, 4) is 18.1 Å². The van der Waals surface area contributed by atoms with Crippen molar-refractivity contribution in [1.29, 1.82) is 0 Å². The Balaban J connectivity index is 2.32. The van der Waals surface area contributed by atoms with Gasteiger partial charge in [0.25, 0.3) is 0 Å². The standard InChI is InChI=1S/C15H16O3/c1-4-13-7-8-14(11-12(13)3)17-9-6-10-18-15(16)5-2/h1,5,7-8,11H,2,6,9-10H2,3H3. The normalized spacial score (nSPS) is 9.33. The lowest BCUT2D eigenvalue weighted by Gasteiger charge is -2.08. The third kappa shape index (κ3) is 4.34. The molecular formula is C15H16O3. The average Bonchev–Trinajstić information content (AvgIpc) is 2.38. The topological polar surface area (TPSA) is 35.5 Å². The van der Waals surface area contributed by atoms with Gasteiger partial charge in [0.2, 0.25) is 0 Å². The van der Waals surface area contributed by atoms with Crippen molar-refractivity contribution in [3.63, 3.8) is 0 Å². The molecular weight excluding hydrogens is 228 g/mol. The van der Waals surface area contributed by atoms with E-state index in [2.05, 4.69) is 12.5 Å². The number of aryl methyl sites for hydroxylation is 1. The fourth-order valence-electron chi connectivity index (χ4n) is 1.37. The lowest BCUT2D eigenvalue weighted by Crippen LogP contribution is -2.06. The molecule has 0 aliphatic rings. The summed E-state index contributed by atoms with van der Waals surface area (Å²) in [5.41, 5.74) is 1.87. The van der Waals surface area contributed by atoms with E-state index in [0.717, 1.165) is 23.0 Å². The predicted octanol–water partition coefficient (Wildman–Crippen LogP) is 2.47. The second-order valence-electron chi connectivity index (χ2n) is 3.69. The molecule has 0 unspecified atom stereocenters. The van der Waals surface area contributed by atoms with E-state index in [1.807, 2.05) is 25.1 Å². The first kappa shape index (κ1) is 13.9. The third-order valence-corrected chi connectivity index (χ3v) is 2.32. The lowest BCUT2D eigenvalue weighted by molar-refractivity contribution is -0.137. The van der Waals surface area contributed by atoms with Crippen LogP contribution >= 0.6 is 0 Å². The van der Waals surface area contributed by atoms with Crippen molar-refractivity contribution in [3.05, 3.63) is 42.0 Å². The van der Waals surface area contributed by atoms with Gasteiger partial charge >= 0.3 is 5.97 Å². The maximum absolute atomic E-state index is 10.8. The molecule has 0 heterocycles. The molecule has 0 aliphatic heterocycles. The minimum atomic E-state index is -0.413. The molecule has 0 spiro atoms. The van der Waals surface area contributed by atoms with Gasteiger partial charge in [0, 0.05) is 18.1 Å². The van der Waals surface area contributed by atoms with Crippen LogP contribution < -0.4 is 4.74 Å². The molecule has 0 fully saturated rings. The summed E-state index contributed by atoms with van der Waals surface area (Å²) in [6, 6.07) is 5.57. The van der Waals surface area contributed by atoms with Gasteiger partial charge in [-0.15, -0.1) is 6.42 Å². The third-order valence-electron chi connectivity index (χ3n) is 2.32. The zero-order valence-electron chi connectivity index (χ0n) is 10.4. The van der Waals surface area contributed by atoms with Gasteiger partial charge in [-0.2, -0.15) is 0 Å². The van der Waals surface area contributed by atoms with E-state index in [1.165, 1.54) is 0 Å². The molecule has 18 heavy (non-hydrogen) atoms. The van der Waals surface area contributed by atoms with Gasteiger partial charge in [-0.1, -0.05) is 12.5 Å². The maximum atomic E-state index is 10.8. The number of terminal acetylenes is 1. The lowest BCUT2D eigenvalue weighted by atomic mass is 10.1. The number of hydrogen-bond acceptors (Lipinski definition) is 3. The molecule has 0 amide bonds. The van der Waals surface area contributed by atoms with Gasteiger partial charge < -0.3 is 9.47 Å². The summed E-state index contributed by atoms with van der Waals surface area (Å²) >= 11 is 0. The molecule has 3 nitrogen and oxygen atoms in total. The van der Waals surface area contributed by atoms with Gasteiger partial charge in [-0.05, 0) is 30.7 Å². The first-order valence-electron chi connectivity index (χ1n) is 5.66. The average molecular weight is 244 g/mol. The van der Waals surface area contributed by atoms with Crippen LogP contribution in [-0.4, -0.2) is 19.2 Å². The summed E-state index contributed by atoms with van der Waals surface area (Å²) in [5, 5.41) is 0. The van der Waals surface area contributed by atoms with Gasteiger partial charge in [0.15, 0.2) is 0 Å². The molecule has 0 N–H and O–H groups in total. The van der Waals surface area contributed by atoms with Gasteiger partial charge in [-0.3, -0.25) is 0 Å². The SMILES string of the molecule is C#Cc1ccc(OCCCOC(=O)C=C)cc1C. The highest BCUT2D eigenvalue weighted by molar-refractivity contribution is 5.81. The number of rotatable bonds is 6. The molecule has 1 aromatic rings. The van der Waals surface area contributed by atoms with Gasteiger partial charge in [0.05, 0.1) is 13.2 Å². The first-order valence-corrected chi connectivity index (χ1v) is 5.66. The Kier molecular flexibility index (Phi) is 5.53. The van der Waals surface area contributed by atoms with E-state index < -0.39 is 5.97 Å². The van der Waals surface area contributed by atoms with E-state index in [-0.39, 0.29) is 0 Å². The van der Waals surface area contributed by atoms with Crippen LogP contribution in [0.2, 0.25) is 0 Å². The Hall–Kier alpha value is -2.21. The summed E-state index contributed by atoms with van der Waals surface area (Å²) < 4.78 is 10.3. The van der Waals surface area contributed by atoms with E-state index in [1.54, 1.807) is 0 Å². The van der Waals surface area contributed by atoms with Crippen LogP contribution in [0.25, 0.3) is 0 Å². The van der Waals surface area contributed by atoms with E-state index >= 15 is 0 Å². The summed E-state index contributed by atoms with van der Waals surface area (Å²) in [6.45, 7) is 6.06. The summed E-state index contributed by atoms with van der Waals surface area (Å²) in [5.74, 6) is 2.95. The van der Waals surface area contributed by atoms with E-state index in [4.69, 9.17) is 15.9 Å². The largest absolute Gasteiger partial charge is 0.493 e. The van der Waals surface area contributed by atoms with Crippen molar-refractivity contribution < 1.29 is 14.3 Å². The number of benzene rings is 1. The van der Waals surface area contributed by atoms with E-state index in [9.17, 15) is 4.79 Å². The summed E-state index contributed by atoms with van der Waals surface area (Å²) in [6.07, 6.45) is 7.11. The van der Waals surface area contributed by atoms with Gasteiger partial charge in [0.1, 0.15) is 5.75 Å². The Labute approximate surface area is 107 Å². The minimum absolute atomic E-state index is 0.326. The van der Waals surface area contributed by atoms with Gasteiger partial charge in [-0.25, -0.2) is 4.79 Å². The molecule has 0 atom stereocenters. The van der Waals surface area contributed by atoms with Crippen LogP contribution in [0.4, 0.5) is 0 Å². The Bertz CT molecular complexity index is 469. The van der Waals surface area contributed by atoms with Crippen LogP contribution in [0.1, 0.15) is 17.5 Å². The second kappa shape index (κ2) is 7.18. The summed E-state index contributed by atoms with van der Waals surface area (Å²) in [7, 11) is 0. The van der Waals surface area contributed by atoms with Crippen LogP contribution in [0.3, 0.4) is 0 Å². The number of hydrogen-bond donors (Lipinski definition) is 0. The molecule has 1 rings (SSSR count). The minimum Gasteiger partial charge on any atom is -0.493 e. The van der Waals surface area contributed by atoms with Crippen LogP contribution in [-0.2, 0) is 9.53 Å². The molecule has 94 valence electrons. The smallest absolute Gasteiger partial charge is 0.330 e. The monoisotopic (exact) mass is 244 g/mol. The highest BCUT2D eigenvalue weighted by Crippen LogP contribution is 2.16. The molecule has 0 bridgehead atoms. The number of carbonyl (C=O) groups is 1. The Morgan fingerprint density at radius 2 is 2.28 bits per heavy atom. The highest BCUT2D eigenvalue weighted by Gasteiger charge is 1.99. The van der Waals surface area contributed by atoms with Crippen molar-refractivity contribution in [2.45, 2.75) is 13.3 Å². The molecule has 3 heteroatoms. The molecule has 0 saturated carbocycles. The van der Waals surface area contributed by atoms with Crippen molar-refractivity contribution in [2.24, 2.45) is 0 Å². The molecule has 0 radical (unpaired) electrons. The van der Waals surface area contributed by atoms with Crippen LogP contribution in [0, 0.1) is 19.3 Å². The Morgan fingerprint density at radius 3 is 2.89 bits per heavy atom. The predicted molar refractivity (Wildman–Crippen MR) is 70.4 cm³/mol. The molecule has 1 aromatic carbocycles. The second-order valence-corrected chi connectivity index (χ2v) is 3.69. The fraction of sp³-hybridized carbons (Fsp3) is 0.267. The number of carbonyl (C=O) groups excluding carboxylic acids is 1. The highest BCUT2D eigenvalue weighted by atomic mass is 16.5. The summed E-state index contributed by atoms with van der Waals surface area (Å²) in [4.78, 5) is 10.8. The molecule has 0 saturated heterocycles. The fourth-order valence-corrected chi connectivity index (χ4v) is 1.37. The van der Waals surface area contributed by atoms with Crippen molar-refractivity contribution in [1.82, 2.24) is 0 Å². The van der Waals surface area contributed by atoms with Crippen LogP contribution in [0.5, 0.6) is 5.75 Å². The molecule has 0 aromatic heterocycles. The van der Waals surface area contributed by atoms with Crippen LogP contribution in [0.15, 0.2) is 30.9 Å². The van der Waals surface area contributed by atoms with Crippen molar-refractivity contribution >= 4 is 5.97 Å². The quantitative estimate of drug-likeness (QED) is 0.334. The van der Waals surface area contributed by atoms with Crippen molar-refractivity contribution in [2.75, 3.05) is 13.2 Å². The number of esters is 1. The molecule has 0 aliphatic carbocycles. The zero-order valence-corrected chi connectivity index (χ0v) is 10.4. The number of ether oxygens (including phenoxy) is 2. The maximum Gasteiger partial charge on any atom is 0.330 e. The Morgan fingerprint density at radius 1 is 1.50 bits per heavy atom.